The van der Waals surface area contributed by atoms with Crippen molar-refractivity contribution in [3.05, 3.63) is 23.1 Å². The number of pyridine rings is 1. The lowest BCUT2D eigenvalue weighted by Crippen LogP contribution is -2.22. The van der Waals surface area contributed by atoms with Crippen LogP contribution in [0.4, 0.5) is 35.1 Å². The molecular weight excluding hydrogens is 278 g/mol. The van der Waals surface area contributed by atoms with Crippen LogP contribution in [0.3, 0.4) is 0 Å². The predicted octanol–water partition coefficient (Wildman–Crippen LogP) is 3.61. The fourth-order valence-corrected chi connectivity index (χ4v) is 1.12. The van der Waals surface area contributed by atoms with E-state index in [0.29, 0.717) is 0 Å². The summed E-state index contributed by atoms with van der Waals surface area (Å²) in [5.41, 5.74) is -3.81. The Morgan fingerprint density at radius 2 is 1.67 bits per heavy atom. The van der Waals surface area contributed by atoms with Crippen LogP contribution in [0.25, 0.3) is 0 Å². The molecule has 0 radical (unpaired) electrons. The maximum atomic E-state index is 12.9. The van der Waals surface area contributed by atoms with Crippen LogP contribution in [0.5, 0.6) is 5.88 Å². The van der Waals surface area contributed by atoms with Crippen LogP contribution in [0.15, 0.2) is 6.20 Å². The monoisotopic (exact) mass is 281 g/mol. The third-order valence-electron chi connectivity index (χ3n) is 1.73. The van der Waals surface area contributed by atoms with E-state index in [-0.39, 0.29) is 6.20 Å². The van der Waals surface area contributed by atoms with Gasteiger partial charge in [0.05, 0.1) is 6.20 Å². The molecule has 2 nitrogen and oxygen atoms in total. The molecule has 10 heteroatoms. The van der Waals surface area contributed by atoms with Gasteiger partial charge in [-0.05, 0) is 0 Å². The van der Waals surface area contributed by atoms with E-state index in [0.717, 1.165) is 0 Å². The average Bonchev–Trinajstić information content (AvgIpc) is 2.16. The van der Waals surface area contributed by atoms with Crippen molar-refractivity contribution in [2.45, 2.75) is 19.2 Å². The van der Waals surface area contributed by atoms with Gasteiger partial charge in [-0.15, -0.1) is 13.2 Å². The molecule has 0 saturated heterocycles. The lowest BCUT2D eigenvalue weighted by Gasteiger charge is -2.16. The molecule has 0 aromatic carbocycles. The zero-order valence-corrected chi connectivity index (χ0v) is 8.16. The Morgan fingerprint density at radius 3 is 2.06 bits per heavy atom. The first-order valence-corrected chi connectivity index (χ1v) is 4.12. The van der Waals surface area contributed by atoms with Gasteiger partial charge in [-0.25, -0.2) is 13.8 Å². The van der Waals surface area contributed by atoms with Crippen LogP contribution in [-0.2, 0) is 12.9 Å². The van der Waals surface area contributed by atoms with Crippen molar-refractivity contribution in [3.8, 4) is 5.88 Å². The van der Waals surface area contributed by atoms with Crippen molar-refractivity contribution in [3.63, 3.8) is 0 Å². The third-order valence-corrected chi connectivity index (χ3v) is 1.73. The molecular formula is C8H3F8NO. The number of hydrogen-bond acceptors (Lipinski definition) is 2. The summed E-state index contributed by atoms with van der Waals surface area (Å²) in [5, 5.41) is 0. The molecule has 0 aliphatic heterocycles. The molecule has 1 aromatic rings. The van der Waals surface area contributed by atoms with E-state index in [1.807, 2.05) is 0 Å². The van der Waals surface area contributed by atoms with Gasteiger partial charge < -0.3 is 4.74 Å². The summed E-state index contributed by atoms with van der Waals surface area (Å²) in [5.74, 6) is -3.65. The maximum absolute atomic E-state index is 12.9. The van der Waals surface area contributed by atoms with Gasteiger partial charge in [0.15, 0.2) is 0 Å². The first kappa shape index (κ1) is 14.5. The molecule has 1 rings (SSSR count). The second-order valence-electron chi connectivity index (χ2n) is 2.94. The Balaban J connectivity index is 3.43. The molecule has 1 aromatic heterocycles. The summed E-state index contributed by atoms with van der Waals surface area (Å²) < 4.78 is 101. The van der Waals surface area contributed by atoms with Gasteiger partial charge in [0, 0.05) is 5.56 Å². The van der Waals surface area contributed by atoms with Crippen LogP contribution >= 0.6 is 0 Å². The highest BCUT2D eigenvalue weighted by Gasteiger charge is 2.43. The van der Waals surface area contributed by atoms with Crippen molar-refractivity contribution in [2.75, 3.05) is 0 Å². The molecule has 18 heavy (non-hydrogen) atoms. The fourth-order valence-electron chi connectivity index (χ4n) is 1.12. The molecule has 0 spiro atoms. The smallest absolute Gasteiger partial charge is 0.387 e. The highest BCUT2D eigenvalue weighted by molar-refractivity contribution is 5.37. The van der Waals surface area contributed by atoms with E-state index in [4.69, 9.17) is 0 Å². The standard InChI is InChI=1S/C8H3F8NO/c9-1-3-4(10)2-17-6(18-8(14,15)16)5(3)7(11,12)13/h2H,1H2. The average molecular weight is 281 g/mol. The van der Waals surface area contributed by atoms with Crippen LogP contribution in [0.1, 0.15) is 11.1 Å². The number of halogens is 8. The van der Waals surface area contributed by atoms with E-state index >= 15 is 0 Å². The van der Waals surface area contributed by atoms with E-state index in [2.05, 4.69) is 9.72 Å². The minimum atomic E-state index is -5.46. The van der Waals surface area contributed by atoms with Crippen molar-refractivity contribution in [1.29, 1.82) is 0 Å². The van der Waals surface area contributed by atoms with Gasteiger partial charge in [-0.3, -0.25) is 0 Å². The van der Waals surface area contributed by atoms with Gasteiger partial charge in [0.1, 0.15) is 18.1 Å². The van der Waals surface area contributed by atoms with Gasteiger partial charge in [-0.1, -0.05) is 0 Å². The highest BCUT2D eigenvalue weighted by atomic mass is 19.4. The zero-order chi connectivity index (χ0) is 14.1. The number of ether oxygens (including phenoxy) is 1. The van der Waals surface area contributed by atoms with Crippen molar-refractivity contribution < 1.29 is 39.9 Å². The van der Waals surface area contributed by atoms with Crippen molar-refractivity contribution in [1.82, 2.24) is 4.98 Å². The second-order valence-corrected chi connectivity index (χ2v) is 2.94. The maximum Gasteiger partial charge on any atom is 0.574 e. The zero-order valence-electron chi connectivity index (χ0n) is 8.16. The number of rotatable bonds is 2. The molecule has 0 bridgehead atoms. The summed E-state index contributed by atoms with van der Waals surface area (Å²) in [6, 6.07) is 0. The minimum Gasteiger partial charge on any atom is -0.387 e. The third kappa shape index (κ3) is 3.20. The Kier molecular flexibility index (Phi) is 3.67. The molecule has 0 aliphatic rings. The molecule has 0 atom stereocenters. The van der Waals surface area contributed by atoms with Gasteiger partial charge in [0.25, 0.3) is 0 Å². The predicted molar refractivity (Wildman–Crippen MR) is 40.7 cm³/mol. The molecule has 0 amide bonds. The molecule has 1 heterocycles. The number of aromatic nitrogens is 1. The largest absolute Gasteiger partial charge is 0.574 e. The first-order chi connectivity index (χ1) is 8.06. The Hall–Kier alpha value is -1.61. The van der Waals surface area contributed by atoms with Crippen LogP contribution in [0.2, 0.25) is 0 Å². The lowest BCUT2D eigenvalue weighted by atomic mass is 10.1. The summed E-state index contributed by atoms with van der Waals surface area (Å²) in [7, 11) is 0. The van der Waals surface area contributed by atoms with Crippen LogP contribution < -0.4 is 4.74 Å². The summed E-state index contributed by atoms with van der Waals surface area (Å²) in [6.45, 7) is -1.95. The Bertz CT molecular complexity index is 438. The highest BCUT2D eigenvalue weighted by Crippen LogP contribution is 2.40. The fraction of sp³-hybridized carbons (Fsp3) is 0.375. The summed E-state index contributed by atoms with van der Waals surface area (Å²) >= 11 is 0. The molecule has 0 fully saturated rings. The molecule has 0 saturated carbocycles. The van der Waals surface area contributed by atoms with E-state index < -0.39 is 42.0 Å². The van der Waals surface area contributed by atoms with Crippen LogP contribution in [0, 0.1) is 5.82 Å². The van der Waals surface area contributed by atoms with Crippen LogP contribution in [-0.4, -0.2) is 11.3 Å². The summed E-state index contributed by atoms with van der Waals surface area (Å²) in [6.07, 6.45) is -10.9. The van der Waals surface area contributed by atoms with Crippen molar-refractivity contribution >= 4 is 0 Å². The topological polar surface area (TPSA) is 22.1 Å². The molecule has 0 unspecified atom stereocenters. The van der Waals surface area contributed by atoms with E-state index in [1.54, 1.807) is 0 Å². The van der Waals surface area contributed by atoms with Gasteiger partial charge in [-0.2, -0.15) is 13.2 Å². The molecule has 0 N–H and O–H groups in total. The lowest BCUT2D eigenvalue weighted by molar-refractivity contribution is -0.278. The van der Waals surface area contributed by atoms with Gasteiger partial charge in [0.2, 0.25) is 5.88 Å². The van der Waals surface area contributed by atoms with Gasteiger partial charge >= 0.3 is 12.5 Å². The SMILES string of the molecule is FCc1c(F)cnc(OC(F)(F)F)c1C(F)(F)F. The molecule has 0 aliphatic carbocycles. The number of alkyl halides is 7. The van der Waals surface area contributed by atoms with E-state index in [1.165, 1.54) is 0 Å². The first-order valence-electron chi connectivity index (χ1n) is 4.12. The normalized spacial score (nSPS) is 12.7. The Labute approximate surface area is 94.2 Å². The quantitative estimate of drug-likeness (QED) is 0.772. The Morgan fingerprint density at radius 1 is 1.11 bits per heavy atom. The van der Waals surface area contributed by atoms with E-state index in [9.17, 15) is 35.1 Å². The number of hydrogen-bond donors (Lipinski definition) is 0. The minimum absolute atomic E-state index is 0.0191. The summed E-state index contributed by atoms with van der Waals surface area (Å²) in [4.78, 5) is 2.53. The molecule has 102 valence electrons. The second kappa shape index (κ2) is 4.58. The van der Waals surface area contributed by atoms with Crippen molar-refractivity contribution in [2.24, 2.45) is 0 Å². The number of nitrogens with zero attached hydrogens (tertiary/aromatic N) is 1.